The number of thiophene rings is 1. The summed E-state index contributed by atoms with van der Waals surface area (Å²) in [6.45, 7) is 3.58. The Bertz CT molecular complexity index is 993. The van der Waals surface area contributed by atoms with E-state index in [0.29, 0.717) is 0 Å². The van der Waals surface area contributed by atoms with Crippen LogP contribution in [0.4, 0.5) is 0 Å². The SMILES string of the molecule is CCN(Cc1ccccc1)C(O)c1ccc(-c2ccnc3[nH]ccc23)s1. The molecule has 1 unspecified atom stereocenters. The van der Waals surface area contributed by atoms with E-state index in [1.54, 1.807) is 11.3 Å². The van der Waals surface area contributed by atoms with Crippen LogP contribution in [-0.2, 0) is 6.54 Å². The lowest BCUT2D eigenvalue weighted by atomic mass is 10.1. The lowest BCUT2D eigenvalue weighted by Gasteiger charge is -2.25. The van der Waals surface area contributed by atoms with Gasteiger partial charge in [-0.15, -0.1) is 11.3 Å². The zero-order valence-corrected chi connectivity index (χ0v) is 15.4. The molecule has 132 valence electrons. The number of benzene rings is 1. The molecule has 0 amide bonds. The van der Waals surface area contributed by atoms with Gasteiger partial charge in [-0.3, -0.25) is 4.90 Å². The van der Waals surface area contributed by atoms with Gasteiger partial charge in [0.1, 0.15) is 11.9 Å². The van der Waals surface area contributed by atoms with E-state index in [9.17, 15) is 5.11 Å². The number of H-pyrrole nitrogens is 1. The van der Waals surface area contributed by atoms with E-state index < -0.39 is 6.23 Å². The largest absolute Gasteiger partial charge is 0.373 e. The molecular formula is C21H21N3OS. The fraction of sp³-hybridized carbons (Fsp3) is 0.190. The van der Waals surface area contributed by atoms with Gasteiger partial charge >= 0.3 is 0 Å². The van der Waals surface area contributed by atoms with Gasteiger partial charge < -0.3 is 10.1 Å². The third-order valence-electron chi connectivity index (χ3n) is 4.59. The van der Waals surface area contributed by atoms with Crippen molar-refractivity contribution >= 4 is 22.4 Å². The quantitative estimate of drug-likeness (QED) is 0.484. The number of aromatic nitrogens is 2. The lowest BCUT2D eigenvalue weighted by Crippen LogP contribution is -2.27. The minimum Gasteiger partial charge on any atom is -0.373 e. The molecule has 4 rings (SSSR count). The normalized spacial score (nSPS) is 12.7. The molecular weight excluding hydrogens is 342 g/mol. The fourth-order valence-electron chi connectivity index (χ4n) is 3.18. The van der Waals surface area contributed by atoms with Gasteiger partial charge in [0.05, 0.1) is 0 Å². The van der Waals surface area contributed by atoms with Crippen molar-refractivity contribution < 1.29 is 5.11 Å². The Morgan fingerprint density at radius 2 is 1.96 bits per heavy atom. The number of aromatic amines is 1. The van der Waals surface area contributed by atoms with E-state index in [0.717, 1.165) is 39.4 Å². The van der Waals surface area contributed by atoms with Crippen LogP contribution in [0, 0.1) is 0 Å². The lowest BCUT2D eigenvalue weighted by molar-refractivity contribution is 0.00211. The summed E-state index contributed by atoms with van der Waals surface area (Å²) in [5.74, 6) is 0. The van der Waals surface area contributed by atoms with Gasteiger partial charge in [0, 0.05) is 39.6 Å². The van der Waals surface area contributed by atoms with Crippen molar-refractivity contribution in [3.63, 3.8) is 0 Å². The van der Waals surface area contributed by atoms with Gasteiger partial charge in [-0.05, 0) is 36.4 Å². The molecule has 4 nitrogen and oxygen atoms in total. The average Bonchev–Trinajstić information content (AvgIpc) is 3.35. The Kier molecular flexibility index (Phi) is 4.84. The summed E-state index contributed by atoms with van der Waals surface area (Å²) in [7, 11) is 0. The number of nitrogens with zero attached hydrogens (tertiary/aromatic N) is 2. The number of hydrogen-bond donors (Lipinski definition) is 2. The molecule has 1 atom stereocenters. The van der Waals surface area contributed by atoms with Gasteiger partial charge in [-0.2, -0.15) is 0 Å². The standard InChI is InChI=1S/C21H21N3OS/c1-2-24(14-15-6-4-3-5-7-15)21(25)19-9-8-18(26-19)16-10-12-22-20-17(16)11-13-23-20/h3-13,21,25H,2,14H2,1H3,(H,22,23). The maximum absolute atomic E-state index is 10.9. The zero-order chi connectivity index (χ0) is 17.9. The maximum atomic E-state index is 10.9. The Morgan fingerprint density at radius 1 is 1.12 bits per heavy atom. The molecule has 1 aromatic carbocycles. The number of pyridine rings is 1. The summed E-state index contributed by atoms with van der Waals surface area (Å²) in [5, 5.41) is 12.0. The van der Waals surface area contributed by atoms with Crippen molar-refractivity contribution in [2.24, 2.45) is 0 Å². The van der Waals surface area contributed by atoms with Crippen LogP contribution in [0.3, 0.4) is 0 Å². The van der Waals surface area contributed by atoms with Crippen LogP contribution in [0.5, 0.6) is 0 Å². The first kappa shape index (κ1) is 17.0. The smallest absolute Gasteiger partial charge is 0.143 e. The number of aliphatic hydroxyl groups excluding tert-OH is 1. The third-order valence-corrected chi connectivity index (χ3v) is 5.75. The van der Waals surface area contributed by atoms with Crippen LogP contribution >= 0.6 is 11.3 Å². The second-order valence-corrected chi connectivity index (χ2v) is 7.34. The van der Waals surface area contributed by atoms with Gasteiger partial charge in [-0.1, -0.05) is 37.3 Å². The van der Waals surface area contributed by atoms with E-state index in [2.05, 4.69) is 40.0 Å². The maximum Gasteiger partial charge on any atom is 0.143 e. The van der Waals surface area contributed by atoms with Crippen molar-refractivity contribution in [2.75, 3.05) is 6.54 Å². The molecule has 0 aliphatic rings. The van der Waals surface area contributed by atoms with E-state index >= 15 is 0 Å². The Labute approximate surface area is 156 Å². The predicted molar refractivity (Wildman–Crippen MR) is 107 cm³/mol. The first-order valence-electron chi connectivity index (χ1n) is 8.74. The summed E-state index contributed by atoms with van der Waals surface area (Å²) < 4.78 is 0. The highest BCUT2D eigenvalue weighted by atomic mass is 32.1. The Balaban J connectivity index is 1.59. The molecule has 0 fully saturated rings. The first-order valence-corrected chi connectivity index (χ1v) is 9.56. The summed E-state index contributed by atoms with van der Waals surface area (Å²) in [5.41, 5.74) is 3.23. The topological polar surface area (TPSA) is 52.1 Å². The summed E-state index contributed by atoms with van der Waals surface area (Å²) >= 11 is 1.63. The van der Waals surface area contributed by atoms with Gasteiger partial charge in [0.2, 0.25) is 0 Å². The van der Waals surface area contributed by atoms with Gasteiger partial charge in [-0.25, -0.2) is 4.98 Å². The van der Waals surface area contributed by atoms with Gasteiger partial charge in [0.15, 0.2) is 0 Å². The van der Waals surface area contributed by atoms with Crippen LogP contribution in [0.25, 0.3) is 21.5 Å². The second kappa shape index (κ2) is 7.41. The highest BCUT2D eigenvalue weighted by Crippen LogP contribution is 2.36. The average molecular weight is 363 g/mol. The monoisotopic (exact) mass is 363 g/mol. The molecule has 0 radical (unpaired) electrons. The Hall–Kier alpha value is -2.47. The molecule has 3 aromatic heterocycles. The number of nitrogens with one attached hydrogen (secondary N) is 1. The third kappa shape index (κ3) is 3.29. The molecule has 2 N–H and O–H groups in total. The molecule has 0 bridgehead atoms. The van der Waals surface area contributed by atoms with E-state index in [1.807, 2.05) is 48.8 Å². The van der Waals surface area contributed by atoms with E-state index in [4.69, 9.17) is 0 Å². The zero-order valence-electron chi connectivity index (χ0n) is 14.6. The molecule has 26 heavy (non-hydrogen) atoms. The number of hydrogen-bond acceptors (Lipinski definition) is 4. The van der Waals surface area contributed by atoms with Crippen molar-refractivity contribution in [1.29, 1.82) is 0 Å². The molecule has 0 saturated carbocycles. The van der Waals surface area contributed by atoms with Crippen LogP contribution in [0.1, 0.15) is 23.6 Å². The molecule has 4 aromatic rings. The van der Waals surface area contributed by atoms with E-state index in [-0.39, 0.29) is 0 Å². The summed E-state index contributed by atoms with van der Waals surface area (Å²) in [6.07, 6.45) is 3.11. The highest BCUT2D eigenvalue weighted by Gasteiger charge is 2.19. The van der Waals surface area contributed by atoms with Crippen LogP contribution < -0.4 is 0 Å². The minimum atomic E-state index is -0.609. The Morgan fingerprint density at radius 3 is 2.77 bits per heavy atom. The molecule has 0 saturated heterocycles. The summed E-state index contributed by atoms with van der Waals surface area (Å²) in [6, 6.07) is 18.4. The minimum absolute atomic E-state index is 0.609. The van der Waals surface area contributed by atoms with Crippen molar-refractivity contribution in [1.82, 2.24) is 14.9 Å². The number of fused-ring (bicyclic) bond motifs is 1. The van der Waals surface area contributed by atoms with Crippen molar-refractivity contribution in [3.8, 4) is 10.4 Å². The van der Waals surface area contributed by atoms with Crippen molar-refractivity contribution in [3.05, 3.63) is 77.4 Å². The number of aliphatic hydroxyl groups is 1. The van der Waals surface area contributed by atoms with Crippen LogP contribution in [0.15, 0.2) is 67.0 Å². The summed E-state index contributed by atoms with van der Waals surface area (Å²) in [4.78, 5) is 11.7. The molecule has 0 aliphatic heterocycles. The van der Waals surface area contributed by atoms with Crippen LogP contribution in [-0.4, -0.2) is 26.5 Å². The molecule has 3 heterocycles. The van der Waals surface area contributed by atoms with Crippen molar-refractivity contribution in [2.45, 2.75) is 19.7 Å². The highest BCUT2D eigenvalue weighted by molar-refractivity contribution is 7.15. The molecule has 0 spiro atoms. The first-order chi connectivity index (χ1) is 12.8. The van der Waals surface area contributed by atoms with Crippen LogP contribution in [0.2, 0.25) is 0 Å². The van der Waals surface area contributed by atoms with Gasteiger partial charge in [0.25, 0.3) is 0 Å². The molecule has 5 heteroatoms. The molecule has 0 aliphatic carbocycles. The fourth-order valence-corrected chi connectivity index (χ4v) is 4.25. The second-order valence-electron chi connectivity index (χ2n) is 6.22. The van der Waals surface area contributed by atoms with E-state index in [1.165, 1.54) is 5.56 Å². The predicted octanol–water partition coefficient (Wildman–Crippen LogP) is 4.80. The number of rotatable bonds is 6.